The van der Waals surface area contributed by atoms with Crippen LogP contribution in [0, 0.1) is 13.8 Å². The minimum atomic E-state index is -0.642. The number of aliphatic hydroxyl groups is 2. The maximum Gasteiger partial charge on any atom is 0.122 e. The summed E-state index contributed by atoms with van der Waals surface area (Å²) in [6, 6.07) is 4.17. The molecule has 3 nitrogen and oxygen atoms in total. The van der Waals surface area contributed by atoms with Crippen LogP contribution in [-0.4, -0.2) is 30.0 Å². The molecular weight excluding hydrogens is 228 g/mol. The van der Waals surface area contributed by atoms with Crippen LogP contribution in [0.15, 0.2) is 12.1 Å². The zero-order valence-corrected chi connectivity index (χ0v) is 11.7. The minimum absolute atomic E-state index is 0.176. The highest BCUT2D eigenvalue weighted by Gasteiger charge is 2.17. The van der Waals surface area contributed by atoms with Gasteiger partial charge < -0.3 is 14.9 Å². The highest BCUT2D eigenvalue weighted by atomic mass is 16.5. The predicted molar refractivity (Wildman–Crippen MR) is 73.2 cm³/mol. The van der Waals surface area contributed by atoms with Crippen molar-refractivity contribution in [2.75, 3.05) is 13.7 Å². The average molecular weight is 252 g/mol. The van der Waals surface area contributed by atoms with Crippen LogP contribution in [0.1, 0.15) is 42.4 Å². The molecule has 0 aromatic heterocycles. The van der Waals surface area contributed by atoms with Crippen molar-refractivity contribution in [2.45, 2.75) is 45.6 Å². The lowest BCUT2D eigenvalue weighted by Crippen LogP contribution is -2.16. The lowest BCUT2D eigenvalue weighted by Gasteiger charge is -2.21. The van der Waals surface area contributed by atoms with Crippen LogP contribution >= 0.6 is 0 Å². The van der Waals surface area contributed by atoms with Crippen LogP contribution in [0.2, 0.25) is 0 Å². The zero-order valence-electron chi connectivity index (χ0n) is 11.7. The van der Waals surface area contributed by atoms with Gasteiger partial charge in [-0.2, -0.15) is 0 Å². The maximum atomic E-state index is 9.61. The second-order valence-electron chi connectivity index (χ2n) is 4.86. The van der Waals surface area contributed by atoms with Crippen molar-refractivity contribution in [2.24, 2.45) is 0 Å². The molecule has 0 saturated carbocycles. The number of methoxy groups -OCH3 is 1. The van der Waals surface area contributed by atoms with Crippen LogP contribution in [0.5, 0.6) is 5.75 Å². The summed E-state index contributed by atoms with van der Waals surface area (Å²) in [6.07, 6.45) is 0.903. The Kier molecular flexibility index (Phi) is 5.63. The number of rotatable bonds is 6. The number of ether oxygens (including phenoxy) is 1. The molecule has 0 saturated heterocycles. The molecule has 0 heterocycles. The monoisotopic (exact) mass is 252 g/mol. The van der Waals surface area contributed by atoms with Gasteiger partial charge in [-0.3, -0.25) is 0 Å². The summed E-state index contributed by atoms with van der Waals surface area (Å²) in [4.78, 5) is 0. The Morgan fingerprint density at radius 3 is 2.39 bits per heavy atom. The Morgan fingerprint density at radius 1 is 1.22 bits per heavy atom. The zero-order chi connectivity index (χ0) is 13.7. The van der Waals surface area contributed by atoms with Crippen LogP contribution in [0.3, 0.4) is 0 Å². The average Bonchev–Trinajstić information content (AvgIpc) is 2.38. The molecule has 3 heteroatoms. The maximum absolute atomic E-state index is 9.61. The molecule has 0 amide bonds. The first kappa shape index (κ1) is 15.0. The van der Waals surface area contributed by atoms with Crippen LogP contribution < -0.4 is 4.74 Å². The van der Waals surface area contributed by atoms with Gasteiger partial charge in [-0.25, -0.2) is 0 Å². The molecule has 0 aliphatic heterocycles. The fourth-order valence-corrected chi connectivity index (χ4v) is 2.39. The molecule has 0 aliphatic rings. The first-order valence-corrected chi connectivity index (χ1v) is 6.47. The Hall–Kier alpha value is -1.06. The quantitative estimate of drug-likeness (QED) is 0.818. The van der Waals surface area contributed by atoms with Gasteiger partial charge in [-0.15, -0.1) is 0 Å². The van der Waals surface area contributed by atoms with E-state index in [9.17, 15) is 5.11 Å². The summed E-state index contributed by atoms with van der Waals surface area (Å²) in [5.74, 6) is 1.17. The third-order valence-corrected chi connectivity index (χ3v) is 3.48. The fraction of sp³-hybridized carbons (Fsp3) is 0.600. The van der Waals surface area contributed by atoms with Crippen LogP contribution in [-0.2, 0) is 0 Å². The lowest BCUT2D eigenvalue weighted by molar-refractivity contribution is 0.0817. The van der Waals surface area contributed by atoms with Crippen molar-refractivity contribution in [1.82, 2.24) is 0 Å². The third kappa shape index (κ3) is 3.47. The van der Waals surface area contributed by atoms with Crippen molar-refractivity contribution in [3.05, 3.63) is 28.8 Å². The van der Waals surface area contributed by atoms with Gasteiger partial charge in [0.2, 0.25) is 0 Å². The predicted octanol–water partition coefficient (Wildman–Crippen LogP) is 2.55. The second-order valence-corrected chi connectivity index (χ2v) is 4.86. The molecule has 0 spiro atoms. The van der Waals surface area contributed by atoms with E-state index in [1.165, 1.54) is 11.1 Å². The molecule has 2 atom stereocenters. The Morgan fingerprint density at radius 2 is 1.89 bits per heavy atom. The van der Waals surface area contributed by atoms with Crippen molar-refractivity contribution in [3.63, 3.8) is 0 Å². The van der Waals surface area contributed by atoms with Gasteiger partial charge in [-0.1, -0.05) is 13.0 Å². The summed E-state index contributed by atoms with van der Waals surface area (Å²) in [5, 5.41) is 18.6. The molecule has 0 bridgehead atoms. The van der Waals surface area contributed by atoms with E-state index in [0.717, 1.165) is 17.7 Å². The molecule has 1 aromatic carbocycles. The molecule has 0 fully saturated rings. The minimum Gasteiger partial charge on any atom is -0.496 e. The summed E-state index contributed by atoms with van der Waals surface area (Å²) in [6.45, 7) is 6.01. The summed E-state index contributed by atoms with van der Waals surface area (Å²) >= 11 is 0. The van der Waals surface area contributed by atoms with E-state index < -0.39 is 6.10 Å². The normalized spacial score (nSPS) is 14.3. The van der Waals surface area contributed by atoms with Gasteiger partial charge in [0.05, 0.1) is 19.8 Å². The summed E-state index contributed by atoms with van der Waals surface area (Å²) in [5.41, 5.74) is 3.52. The number of aliphatic hydroxyl groups excluding tert-OH is 2. The number of aryl methyl sites for hydroxylation is 2. The van der Waals surface area contributed by atoms with Gasteiger partial charge in [0.25, 0.3) is 0 Å². The Balaban J connectivity index is 3.02. The van der Waals surface area contributed by atoms with Gasteiger partial charge in [0.1, 0.15) is 5.75 Å². The van der Waals surface area contributed by atoms with Gasteiger partial charge in [-0.05, 0) is 55.4 Å². The topological polar surface area (TPSA) is 49.7 Å². The Labute approximate surface area is 109 Å². The first-order valence-electron chi connectivity index (χ1n) is 6.47. The molecular formula is C15H24O3. The van der Waals surface area contributed by atoms with E-state index in [0.29, 0.717) is 6.42 Å². The van der Waals surface area contributed by atoms with E-state index in [-0.39, 0.29) is 12.5 Å². The second kappa shape index (κ2) is 6.76. The molecule has 2 unspecified atom stereocenters. The van der Waals surface area contributed by atoms with Gasteiger partial charge in [0, 0.05) is 0 Å². The lowest BCUT2D eigenvalue weighted by atomic mass is 9.87. The molecule has 2 N–H and O–H groups in total. The molecule has 0 aliphatic carbocycles. The highest BCUT2D eigenvalue weighted by Crippen LogP contribution is 2.32. The van der Waals surface area contributed by atoms with Gasteiger partial charge >= 0.3 is 0 Å². The third-order valence-electron chi connectivity index (χ3n) is 3.48. The molecule has 18 heavy (non-hydrogen) atoms. The van der Waals surface area contributed by atoms with E-state index in [4.69, 9.17) is 9.84 Å². The van der Waals surface area contributed by atoms with E-state index in [1.807, 2.05) is 13.0 Å². The molecule has 1 aromatic rings. The Bertz CT molecular complexity index is 388. The molecule has 0 radical (unpaired) electrons. The molecule has 1 rings (SSSR count). The van der Waals surface area contributed by atoms with Crippen molar-refractivity contribution < 1.29 is 14.9 Å². The summed E-state index contributed by atoms with van der Waals surface area (Å²) < 4.78 is 5.31. The first-order chi connectivity index (χ1) is 8.53. The molecule has 102 valence electrons. The number of hydrogen-bond donors (Lipinski definition) is 2. The number of hydrogen-bond acceptors (Lipinski definition) is 3. The SMILES string of the molecule is CCC(CC(O)CO)c1cc(C)c(OC)cc1C. The smallest absolute Gasteiger partial charge is 0.122 e. The largest absolute Gasteiger partial charge is 0.496 e. The van der Waals surface area contributed by atoms with E-state index >= 15 is 0 Å². The standard InChI is InChI=1S/C15H24O3/c1-5-12(8-13(17)9-16)14-6-11(3)15(18-4)7-10(14)2/h6-7,12-13,16-17H,5,8-9H2,1-4H3. The van der Waals surface area contributed by atoms with Crippen molar-refractivity contribution >= 4 is 0 Å². The van der Waals surface area contributed by atoms with Crippen molar-refractivity contribution in [1.29, 1.82) is 0 Å². The van der Waals surface area contributed by atoms with E-state index in [2.05, 4.69) is 19.9 Å². The van der Waals surface area contributed by atoms with Crippen molar-refractivity contribution in [3.8, 4) is 5.75 Å². The fourth-order valence-electron chi connectivity index (χ4n) is 2.39. The summed E-state index contributed by atoms with van der Waals surface area (Å²) in [7, 11) is 1.67. The van der Waals surface area contributed by atoms with Crippen LogP contribution in [0.4, 0.5) is 0 Å². The highest BCUT2D eigenvalue weighted by molar-refractivity contribution is 5.43. The van der Waals surface area contributed by atoms with Gasteiger partial charge in [0.15, 0.2) is 0 Å². The van der Waals surface area contributed by atoms with E-state index in [1.54, 1.807) is 7.11 Å². The number of benzene rings is 1. The van der Waals surface area contributed by atoms with Crippen LogP contribution in [0.25, 0.3) is 0 Å².